The maximum atomic E-state index is 13.2. The van der Waals surface area contributed by atoms with Crippen molar-refractivity contribution in [1.82, 2.24) is 20.2 Å². The third-order valence-corrected chi connectivity index (χ3v) is 5.97. The van der Waals surface area contributed by atoms with Crippen LogP contribution >= 0.6 is 0 Å². The second-order valence-corrected chi connectivity index (χ2v) is 7.97. The second-order valence-electron chi connectivity index (χ2n) is 7.97. The molecular formula is C23H27N7O. The van der Waals surface area contributed by atoms with E-state index in [1.165, 1.54) is 0 Å². The van der Waals surface area contributed by atoms with Crippen molar-refractivity contribution in [2.45, 2.75) is 51.2 Å². The summed E-state index contributed by atoms with van der Waals surface area (Å²) in [6.07, 6.45) is 5.85. The predicted octanol–water partition coefficient (Wildman–Crippen LogP) is 5.07. The van der Waals surface area contributed by atoms with Gasteiger partial charge >= 0.3 is 0 Å². The average Bonchev–Trinajstić information content (AvgIpc) is 3.23. The number of benzene rings is 1. The van der Waals surface area contributed by atoms with Gasteiger partial charge in [-0.15, -0.1) is 0 Å². The Morgan fingerprint density at radius 2 is 2.23 bits per heavy atom. The molecule has 0 spiro atoms. The van der Waals surface area contributed by atoms with Crippen molar-refractivity contribution in [1.29, 1.82) is 0 Å². The van der Waals surface area contributed by atoms with Gasteiger partial charge in [0.1, 0.15) is 5.69 Å². The highest BCUT2D eigenvalue weighted by Crippen LogP contribution is 2.26. The molecule has 31 heavy (non-hydrogen) atoms. The zero-order valence-electron chi connectivity index (χ0n) is 17.7. The lowest BCUT2D eigenvalue weighted by Crippen LogP contribution is -2.46. The Bertz CT molecular complexity index is 1070. The molecule has 1 fully saturated rings. The molecular weight excluding hydrogens is 390 g/mol. The van der Waals surface area contributed by atoms with E-state index in [9.17, 15) is 4.79 Å². The summed E-state index contributed by atoms with van der Waals surface area (Å²) < 4.78 is 0. The van der Waals surface area contributed by atoms with Crippen LogP contribution in [0.5, 0.6) is 0 Å². The fourth-order valence-electron chi connectivity index (χ4n) is 4.47. The summed E-state index contributed by atoms with van der Waals surface area (Å²) in [6.45, 7) is 3.42. The van der Waals surface area contributed by atoms with Crippen LogP contribution in [0.1, 0.15) is 48.7 Å². The molecule has 8 heteroatoms. The first-order valence-corrected chi connectivity index (χ1v) is 10.8. The molecule has 160 valence electrons. The van der Waals surface area contributed by atoms with Gasteiger partial charge in [0.2, 0.25) is 0 Å². The summed E-state index contributed by atoms with van der Waals surface area (Å²) in [7, 11) is 0. The molecule has 0 aliphatic heterocycles. The summed E-state index contributed by atoms with van der Waals surface area (Å²) in [5.74, 6) is 0.0354. The molecule has 0 unspecified atom stereocenters. The minimum Gasteiger partial charge on any atom is -0.349 e. The van der Waals surface area contributed by atoms with E-state index in [-0.39, 0.29) is 11.9 Å². The molecule has 1 saturated carbocycles. The van der Waals surface area contributed by atoms with Gasteiger partial charge in [-0.3, -0.25) is 9.78 Å². The number of pyridine rings is 1. The number of hydrogen-bond acceptors (Lipinski definition) is 4. The van der Waals surface area contributed by atoms with Crippen molar-refractivity contribution in [3.63, 3.8) is 0 Å². The minimum absolute atomic E-state index is 0.0354. The van der Waals surface area contributed by atoms with Gasteiger partial charge in [0.25, 0.3) is 5.91 Å². The maximum Gasteiger partial charge on any atom is 0.270 e. The highest BCUT2D eigenvalue weighted by Gasteiger charge is 2.30. The van der Waals surface area contributed by atoms with Crippen LogP contribution in [-0.4, -0.2) is 39.4 Å². The molecule has 2 N–H and O–H groups in total. The van der Waals surface area contributed by atoms with E-state index < -0.39 is 0 Å². The van der Waals surface area contributed by atoms with Gasteiger partial charge in [0.05, 0.1) is 11.0 Å². The Hall–Kier alpha value is -3.35. The number of azide groups is 1. The van der Waals surface area contributed by atoms with Crippen LogP contribution in [0.3, 0.4) is 0 Å². The number of rotatable bonds is 7. The first-order chi connectivity index (χ1) is 15.2. The highest BCUT2D eigenvalue weighted by atomic mass is 16.2. The van der Waals surface area contributed by atoms with E-state index in [0.29, 0.717) is 30.5 Å². The van der Waals surface area contributed by atoms with Gasteiger partial charge in [0.15, 0.2) is 0 Å². The number of aromatic amines is 1. The zero-order chi connectivity index (χ0) is 21.6. The first kappa shape index (κ1) is 20.9. The number of aromatic nitrogens is 2. The molecule has 1 aliphatic carbocycles. The largest absolute Gasteiger partial charge is 0.349 e. The minimum atomic E-state index is 0.0354. The van der Waals surface area contributed by atoms with E-state index in [1.54, 1.807) is 12.3 Å². The molecule has 2 heterocycles. The lowest BCUT2D eigenvalue weighted by Gasteiger charge is -2.37. The highest BCUT2D eigenvalue weighted by molar-refractivity contribution is 5.97. The topological polar surface area (TPSA) is 110 Å². The number of nitrogens with one attached hydrogen (secondary N) is 2. The SMILES string of the molecule is CCN(C(=O)c1cc2ncccc2[nH]1)[C@H]1CCC[C@@H](NCc2cccc(N=[N+]=[N-])c2)C1. The normalized spacial score (nSPS) is 18.5. The number of hydrogen-bond donors (Lipinski definition) is 2. The lowest BCUT2D eigenvalue weighted by atomic mass is 9.89. The Balaban J connectivity index is 1.40. The number of nitrogens with zero attached hydrogens (tertiary/aromatic N) is 5. The van der Waals surface area contributed by atoms with Gasteiger partial charge in [-0.05, 0) is 68.0 Å². The number of amides is 1. The standard InChI is InChI=1S/C23H27N7O/c1-2-30(23(31)22-14-21-20(27-22)10-5-11-25-21)19-9-4-7-17(13-19)26-15-16-6-3-8-18(12-16)28-29-24/h3,5-6,8,10-12,14,17,19,26-27H,2,4,7,9,13,15H2,1H3/t17-,19+/m1/s1. The van der Waals surface area contributed by atoms with Crippen LogP contribution in [-0.2, 0) is 6.54 Å². The Labute approximate surface area is 181 Å². The molecule has 4 rings (SSSR count). The van der Waals surface area contributed by atoms with E-state index in [1.807, 2.05) is 48.2 Å². The molecule has 2 aromatic heterocycles. The number of H-pyrrole nitrogens is 1. The molecule has 1 amide bonds. The van der Waals surface area contributed by atoms with E-state index in [4.69, 9.17) is 5.53 Å². The van der Waals surface area contributed by atoms with E-state index in [2.05, 4.69) is 25.3 Å². The lowest BCUT2D eigenvalue weighted by molar-refractivity contribution is 0.0623. The summed E-state index contributed by atoms with van der Waals surface area (Å²) in [6, 6.07) is 13.8. The molecule has 0 radical (unpaired) electrons. The molecule has 8 nitrogen and oxygen atoms in total. The summed E-state index contributed by atoms with van der Waals surface area (Å²) in [5.41, 5.74) is 12.6. The van der Waals surface area contributed by atoms with Gasteiger partial charge in [-0.1, -0.05) is 23.3 Å². The van der Waals surface area contributed by atoms with Crippen LogP contribution in [0.2, 0.25) is 0 Å². The van der Waals surface area contributed by atoms with Crippen molar-refractivity contribution >= 4 is 22.6 Å². The third-order valence-electron chi connectivity index (χ3n) is 5.97. The van der Waals surface area contributed by atoms with Gasteiger partial charge in [-0.2, -0.15) is 0 Å². The Morgan fingerprint density at radius 3 is 3.03 bits per heavy atom. The van der Waals surface area contributed by atoms with E-state index >= 15 is 0 Å². The molecule has 2 atom stereocenters. The summed E-state index contributed by atoms with van der Waals surface area (Å²) in [4.78, 5) is 25.6. The van der Waals surface area contributed by atoms with Crippen LogP contribution in [0.15, 0.2) is 53.8 Å². The van der Waals surface area contributed by atoms with Crippen LogP contribution in [0.25, 0.3) is 21.5 Å². The summed E-state index contributed by atoms with van der Waals surface area (Å²) >= 11 is 0. The molecule has 1 aliphatic rings. The number of carbonyl (C=O) groups excluding carboxylic acids is 1. The molecule has 1 aromatic carbocycles. The number of fused-ring (bicyclic) bond motifs is 1. The van der Waals surface area contributed by atoms with E-state index in [0.717, 1.165) is 42.3 Å². The molecule has 0 bridgehead atoms. The van der Waals surface area contributed by atoms with Gasteiger partial charge in [-0.25, -0.2) is 0 Å². The zero-order valence-corrected chi connectivity index (χ0v) is 17.7. The first-order valence-electron chi connectivity index (χ1n) is 10.8. The van der Waals surface area contributed by atoms with Crippen molar-refractivity contribution < 1.29 is 4.79 Å². The fraction of sp³-hybridized carbons (Fsp3) is 0.391. The third kappa shape index (κ3) is 4.87. The van der Waals surface area contributed by atoms with Crippen molar-refractivity contribution in [2.75, 3.05) is 6.54 Å². The van der Waals surface area contributed by atoms with Crippen molar-refractivity contribution in [2.24, 2.45) is 5.11 Å². The fourth-order valence-corrected chi connectivity index (χ4v) is 4.47. The van der Waals surface area contributed by atoms with Crippen LogP contribution in [0.4, 0.5) is 5.69 Å². The molecule has 3 aromatic rings. The monoisotopic (exact) mass is 417 g/mol. The average molecular weight is 418 g/mol. The van der Waals surface area contributed by atoms with Crippen LogP contribution in [0, 0.1) is 0 Å². The van der Waals surface area contributed by atoms with Gasteiger partial charge < -0.3 is 15.2 Å². The number of carbonyl (C=O) groups is 1. The molecule has 0 saturated heterocycles. The van der Waals surface area contributed by atoms with Crippen LogP contribution < -0.4 is 5.32 Å². The maximum absolute atomic E-state index is 13.2. The smallest absolute Gasteiger partial charge is 0.270 e. The second kappa shape index (κ2) is 9.64. The van der Waals surface area contributed by atoms with Crippen molar-refractivity contribution in [3.05, 3.63) is 70.4 Å². The predicted molar refractivity (Wildman–Crippen MR) is 121 cm³/mol. The quantitative estimate of drug-likeness (QED) is 0.318. The summed E-state index contributed by atoms with van der Waals surface area (Å²) in [5, 5.41) is 7.30. The van der Waals surface area contributed by atoms with Crippen molar-refractivity contribution in [3.8, 4) is 0 Å². The van der Waals surface area contributed by atoms with Gasteiger partial charge in [0, 0.05) is 42.0 Å². The Morgan fingerprint density at radius 1 is 1.32 bits per heavy atom. The Kier molecular flexibility index (Phi) is 6.50.